The fourth-order valence-electron chi connectivity index (χ4n) is 1.81. The van der Waals surface area contributed by atoms with E-state index in [1.54, 1.807) is 0 Å². The van der Waals surface area contributed by atoms with Crippen molar-refractivity contribution in [3.05, 3.63) is 28.3 Å². The predicted molar refractivity (Wildman–Crippen MR) is 65.6 cm³/mol. The molecule has 0 aliphatic rings. The molecule has 0 aromatic heterocycles. The van der Waals surface area contributed by atoms with E-state index in [9.17, 15) is 5.11 Å². The molecular weight excluding hydrogens is 198 g/mol. The lowest BCUT2D eigenvalue weighted by Gasteiger charge is -2.23. The number of phenolic OH excluding ortho intramolecular Hbond substituents is 1. The molecule has 0 saturated carbocycles. The summed E-state index contributed by atoms with van der Waals surface area (Å²) in [6.07, 6.45) is 0.399. The molecule has 0 spiro atoms. The van der Waals surface area contributed by atoms with Crippen LogP contribution in [0.3, 0.4) is 0 Å². The van der Waals surface area contributed by atoms with E-state index in [2.05, 4.69) is 26.8 Å². The number of benzene rings is 1. The second-order valence-electron chi connectivity index (χ2n) is 5.27. The molecule has 0 saturated heterocycles. The second-order valence-corrected chi connectivity index (χ2v) is 5.27. The summed E-state index contributed by atoms with van der Waals surface area (Å²) in [7, 11) is 0. The van der Waals surface area contributed by atoms with Crippen molar-refractivity contribution in [2.45, 2.75) is 46.5 Å². The highest BCUT2D eigenvalue weighted by atomic mass is 16.3. The minimum Gasteiger partial charge on any atom is -0.507 e. The molecule has 1 aromatic rings. The summed E-state index contributed by atoms with van der Waals surface area (Å²) in [5.41, 5.74) is 3.74. The van der Waals surface area contributed by atoms with Crippen molar-refractivity contribution in [3.8, 4) is 11.8 Å². The molecule has 0 radical (unpaired) electrons. The highest BCUT2D eigenvalue weighted by Crippen LogP contribution is 2.36. The molecule has 0 bridgehead atoms. The summed E-state index contributed by atoms with van der Waals surface area (Å²) in [5.74, 6) is 0.367. The van der Waals surface area contributed by atoms with Gasteiger partial charge in [0.25, 0.3) is 0 Å². The molecule has 0 aliphatic carbocycles. The van der Waals surface area contributed by atoms with Crippen molar-refractivity contribution in [1.29, 1.82) is 5.26 Å². The largest absolute Gasteiger partial charge is 0.507 e. The first-order valence-corrected chi connectivity index (χ1v) is 5.48. The Morgan fingerprint density at radius 1 is 1.25 bits per heavy atom. The zero-order valence-corrected chi connectivity index (χ0v) is 10.7. The number of phenols is 1. The Morgan fingerprint density at radius 3 is 2.25 bits per heavy atom. The minimum absolute atomic E-state index is 0.104. The van der Waals surface area contributed by atoms with Gasteiger partial charge >= 0.3 is 0 Å². The summed E-state index contributed by atoms with van der Waals surface area (Å²) in [6.45, 7) is 10.0. The molecule has 2 heteroatoms. The Labute approximate surface area is 97.5 Å². The number of nitrogens with zero attached hydrogens (tertiary/aromatic N) is 1. The Hall–Kier alpha value is -1.49. The third kappa shape index (κ3) is 2.19. The van der Waals surface area contributed by atoms with Crippen molar-refractivity contribution >= 4 is 0 Å². The van der Waals surface area contributed by atoms with Crippen LogP contribution in [0.4, 0.5) is 0 Å². The van der Waals surface area contributed by atoms with Gasteiger partial charge in [0.2, 0.25) is 0 Å². The number of nitriles is 1. The monoisotopic (exact) mass is 217 g/mol. The van der Waals surface area contributed by atoms with Gasteiger partial charge in [0.05, 0.1) is 12.5 Å². The van der Waals surface area contributed by atoms with Crippen molar-refractivity contribution in [2.24, 2.45) is 0 Å². The maximum Gasteiger partial charge on any atom is 0.122 e. The van der Waals surface area contributed by atoms with Gasteiger partial charge in [-0.05, 0) is 41.5 Å². The molecule has 16 heavy (non-hydrogen) atoms. The van der Waals surface area contributed by atoms with Crippen molar-refractivity contribution in [1.82, 2.24) is 0 Å². The van der Waals surface area contributed by atoms with Crippen LogP contribution < -0.4 is 0 Å². The summed E-state index contributed by atoms with van der Waals surface area (Å²) in [4.78, 5) is 0. The van der Waals surface area contributed by atoms with Gasteiger partial charge in [0.1, 0.15) is 5.75 Å². The quantitative estimate of drug-likeness (QED) is 0.783. The Kier molecular flexibility index (Phi) is 3.28. The van der Waals surface area contributed by atoms with E-state index in [4.69, 9.17) is 5.26 Å². The number of aromatic hydroxyl groups is 1. The fraction of sp³-hybridized carbons (Fsp3) is 0.500. The van der Waals surface area contributed by atoms with Crippen molar-refractivity contribution < 1.29 is 5.11 Å². The molecule has 0 aliphatic heterocycles. The maximum atomic E-state index is 10.1. The van der Waals surface area contributed by atoms with Gasteiger partial charge in [-0.2, -0.15) is 5.26 Å². The average molecular weight is 217 g/mol. The molecule has 0 unspecified atom stereocenters. The first kappa shape index (κ1) is 12.6. The SMILES string of the molecule is Cc1c(CC#N)cc(C(C)(C)C)c(O)c1C. The van der Waals surface area contributed by atoms with Gasteiger partial charge in [-0.1, -0.05) is 26.8 Å². The van der Waals surface area contributed by atoms with Crippen molar-refractivity contribution in [2.75, 3.05) is 0 Å². The zero-order valence-electron chi connectivity index (χ0n) is 10.7. The molecule has 1 aromatic carbocycles. The molecule has 86 valence electrons. The normalized spacial score (nSPS) is 11.2. The van der Waals surface area contributed by atoms with E-state index < -0.39 is 0 Å². The third-order valence-electron chi connectivity index (χ3n) is 3.05. The van der Waals surface area contributed by atoms with Crippen LogP contribution in [0, 0.1) is 25.2 Å². The summed E-state index contributed by atoms with van der Waals surface area (Å²) in [6, 6.07) is 4.13. The predicted octanol–water partition coefficient (Wildman–Crippen LogP) is 3.37. The summed E-state index contributed by atoms with van der Waals surface area (Å²) < 4.78 is 0. The van der Waals surface area contributed by atoms with E-state index in [1.807, 2.05) is 19.9 Å². The van der Waals surface area contributed by atoms with Gasteiger partial charge in [-0.25, -0.2) is 0 Å². The van der Waals surface area contributed by atoms with E-state index in [1.165, 1.54) is 0 Å². The van der Waals surface area contributed by atoms with E-state index in [-0.39, 0.29) is 5.41 Å². The van der Waals surface area contributed by atoms with E-state index >= 15 is 0 Å². The van der Waals surface area contributed by atoms with E-state index in [0.717, 1.165) is 22.3 Å². The topological polar surface area (TPSA) is 44.0 Å². The molecule has 0 atom stereocenters. The average Bonchev–Trinajstić information content (AvgIpc) is 2.17. The molecule has 1 N–H and O–H groups in total. The molecule has 0 heterocycles. The van der Waals surface area contributed by atoms with Crippen LogP contribution in [-0.4, -0.2) is 5.11 Å². The summed E-state index contributed by atoms with van der Waals surface area (Å²) >= 11 is 0. The minimum atomic E-state index is -0.104. The smallest absolute Gasteiger partial charge is 0.122 e. The van der Waals surface area contributed by atoms with E-state index in [0.29, 0.717) is 12.2 Å². The standard InChI is InChI=1S/C14H19NO/c1-9-10(2)13(16)12(14(3,4)5)8-11(9)6-7-15/h8,16H,6H2,1-5H3. The van der Waals surface area contributed by atoms with Gasteiger partial charge < -0.3 is 5.11 Å². The van der Waals surface area contributed by atoms with Gasteiger partial charge in [-0.15, -0.1) is 0 Å². The van der Waals surface area contributed by atoms with Crippen LogP contribution in [0.1, 0.15) is 43.0 Å². The molecule has 0 fully saturated rings. The lowest BCUT2D eigenvalue weighted by molar-refractivity contribution is 0.442. The highest BCUT2D eigenvalue weighted by Gasteiger charge is 2.21. The van der Waals surface area contributed by atoms with Crippen LogP contribution in [-0.2, 0) is 11.8 Å². The molecule has 0 amide bonds. The Balaban J connectivity index is 3.49. The first-order valence-electron chi connectivity index (χ1n) is 5.48. The summed E-state index contributed by atoms with van der Waals surface area (Å²) in [5, 5.41) is 18.9. The number of rotatable bonds is 1. The molecule has 2 nitrogen and oxygen atoms in total. The van der Waals surface area contributed by atoms with Gasteiger partial charge in [0, 0.05) is 0 Å². The van der Waals surface area contributed by atoms with Crippen LogP contribution in [0.15, 0.2) is 6.07 Å². The van der Waals surface area contributed by atoms with Gasteiger partial charge in [0.15, 0.2) is 0 Å². The van der Waals surface area contributed by atoms with Crippen LogP contribution in [0.5, 0.6) is 5.75 Å². The fourth-order valence-corrected chi connectivity index (χ4v) is 1.81. The molecular formula is C14H19NO. The first-order chi connectivity index (χ1) is 7.29. The lowest BCUT2D eigenvalue weighted by atomic mass is 9.82. The number of hydrogen-bond donors (Lipinski definition) is 1. The highest BCUT2D eigenvalue weighted by molar-refractivity contribution is 5.51. The Morgan fingerprint density at radius 2 is 1.81 bits per heavy atom. The third-order valence-corrected chi connectivity index (χ3v) is 3.05. The lowest BCUT2D eigenvalue weighted by Crippen LogP contribution is -2.13. The number of hydrogen-bond acceptors (Lipinski definition) is 2. The van der Waals surface area contributed by atoms with Crippen molar-refractivity contribution in [3.63, 3.8) is 0 Å². The Bertz CT molecular complexity index is 447. The maximum absolute atomic E-state index is 10.1. The second kappa shape index (κ2) is 4.17. The van der Waals surface area contributed by atoms with Crippen LogP contribution in [0.2, 0.25) is 0 Å². The van der Waals surface area contributed by atoms with Gasteiger partial charge in [-0.3, -0.25) is 0 Å². The zero-order chi connectivity index (χ0) is 12.5. The molecule has 1 rings (SSSR count). The van der Waals surface area contributed by atoms with Crippen LogP contribution >= 0.6 is 0 Å². The van der Waals surface area contributed by atoms with Crippen LogP contribution in [0.25, 0.3) is 0 Å².